The molecule has 0 spiro atoms. The van der Waals surface area contributed by atoms with Crippen molar-refractivity contribution in [2.45, 2.75) is 71.4 Å². The average Bonchev–Trinajstić information content (AvgIpc) is 2.88. The minimum Gasteiger partial charge on any atom is -0.496 e. The number of hydrogen-bond donors (Lipinski definition) is 2. The minimum atomic E-state index is -0.350. The van der Waals surface area contributed by atoms with Crippen LogP contribution in [0.4, 0.5) is 5.69 Å². The highest BCUT2D eigenvalue weighted by molar-refractivity contribution is 5.97. The molecule has 0 aliphatic carbocycles. The zero-order valence-corrected chi connectivity index (χ0v) is 22.2. The van der Waals surface area contributed by atoms with Crippen LogP contribution in [0.3, 0.4) is 0 Å². The van der Waals surface area contributed by atoms with Gasteiger partial charge in [0.2, 0.25) is 5.91 Å². The highest BCUT2D eigenvalue weighted by atomic mass is 16.5. The number of fused-ring (bicyclic) bond motifs is 1. The molecule has 0 aliphatic rings. The third-order valence-corrected chi connectivity index (χ3v) is 7.10. The molecule has 0 radical (unpaired) electrons. The molecule has 190 valence electrons. The van der Waals surface area contributed by atoms with Crippen LogP contribution in [0.1, 0.15) is 64.5 Å². The lowest BCUT2D eigenvalue weighted by Crippen LogP contribution is -2.46. The molecule has 0 saturated carbocycles. The Kier molecular flexibility index (Phi) is 9.36. The summed E-state index contributed by atoms with van der Waals surface area (Å²) in [5.41, 5.74) is 2.42. The van der Waals surface area contributed by atoms with Crippen LogP contribution < -0.4 is 15.4 Å². The van der Waals surface area contributed by atoms with E-state index in [0.29, 0.717) is 17.9 Å². The summed E-state index contributed by atoms with van der Waals surface area (Å²) in [4.78, 5) is 13.3. The van der Waals surface area contributed by atoms with Crippen LogP contribution in [-0.2, 0) is 11.2 Å². The second-order valence-electron chi connectivity index (χ2n) is 10.1. The van der Waals surface area contributed by atoms with Gasteiger partial charge in [0.15, 0.2) is 0 Å². The van der Waals surface area contributed by atoms with Crippen LogP contribution in [0.2, 0.25) is 0 Å². The molecular formula is C31H39N3O2. The van der Waals surface area contributed by atoms with Gasteiger partial charge in [-0.25, -0.2) is 0 Å². The van der Waals surface area contributed by atoms with Crippen LogP contribution in [0, 0.1) is 17.2 Å². The first-order valence-corrected chi connectivity index (χ1v) is 12.9. The zero-order chi connectivity index (χ0) is 26.1. The second kappa shape index (κ2) is 12.4. The SMILES string of the molecule is CCC(CC)C(CC(=O)NC(C)(C)CCc1ccccc1OC)Nc1ccc(C#N)c2ccccc12. The third kappa shape index (κ3) is 6.79. The van der Waals surface area contributed by atoms with Gasteiger partial charge in [0.1, 0.15) is 5.75 Å². The number of rotatable bonds is 12. The van der Waals surface area contributed by atoms with Crippen LogP contribution in [0.25, 0.3) is 10.8 Å². The standard InChI is InChI=1S/C31H39N3O2/c1-6-22(7-2)28(33-27-17-16-24(21-32)25-13-9-10-14-26(25)27)20-30(35)34-31(3,4)19-18-23-12-8-11-15-29(23)36-5/h8-17,22,28,33H,6-7,18-20H2,1-5H3,(H,34,35). The van der Waals surface area contributed by atoms with E-state index in [2.05, 4.69) is 50.5 Å². The van der Waals surface area contributed by atoms with E-state index >= 15 is 0 Å². The second-order valence-corrected chi connectivity index (χ2v) is 10.1. The van der Waals surface area contributed by atoms with Crippen molar-refractivity contribution in [2.24, 2.45) is 5.92 Å². The van der Waals surface area contributed by atoms with E-state index in [4.69, 9.17) is 4.74 Å². The van der Waals surface area contributed by atoms with E-state index in [1.165, 1.54) is 0 Å². The van der Waals surface area contributed by atoms with Crippen molar-refractivity contribution in [2.75, 3.05) is 12.4 Å². The van der Waals surface area contributed by atoms with Gasteiger partial charge in [-0.2, -0.15) is 5.26 Å². The fourth-order valence-electron chi connectivity index (χ4n) is 4.96. The van der Waals surface area contributed by atoms with Crippen LogP contribution in [0.5, 0.6) is 5.75 Å². The van der Waals surface area contributed by atoms with Gasteiger partial charge in [0.05, 0.1) is 18.7 Å². The van der Waals surface area contributed by atoms with Gasteiger partial charge in [-0.05, 0) is 56.4 Å². The molecule has 0 aliphatic heterocycles. The first-order chi connectivity index (χ1) is 17.3. The van der Waals surface area contributed by atoms with Gasteiger partial charge < -0.3 is 15.4 Å². The van der Waals surface area contributed by atoms with Crippen LogP contribution in [-0.4, -0.2) is 24.6 Å². The summed E-state index contributed by atoms with van der Waals surface area (Å²) in [7, 11) is 1.69. The number of aryl methyl sites for hydroxylation is 1. The molecule has 36 heavy (non-hydrogen) atoms. The van der Waals surface area contributed by atoms with Crippen molar-refractivity contribution < 1.29 is 9.53 Å². The van der Waals surface area contributed by atoms with Gasteiger partial charge in [-0.3, -0.25) is 4.79 Å². The maximum atomic E-state index is 13.3. The molecular weight excluding hydrogens is 446 g/mol. The molecule has 3 aromatic rings. The van der Waals surface area contributed by atoms with Gasteiger partial charge in [0, 0.05) is 34.5 Å². The molecule has 0 bridgehead atoms. The number of nitriles is 1. The molecule has 1 amide bonds. The molecule has 5 heteroatoms. The Hall–Kier alpha value is -3.52. The maximum Gasteiger partial charge on any atom is 0.222 e. The zero-order valence-electron chi connectivity index (χ0n) is 22.2. The third-order valence-electron chi connectivity index (χ3n) is 7.10. The molecule has 5 nitrogen and oxygen atoms in total. The number of carbonyl (C=O) groups excluding carboxylic acids is 1. The Labute approximate surface area is 215 Å². The van der Waals surface area contributed by atoms with E-state index in [9.17, 15) is 10.1 Å². The molecule has 1 unspecified atom stereocenters. The number of para-hydroxylation sites is 1. The van der Waals surface area contributed by atoms with Crippen molar-refractivity contribution in [3.05, 3.63) is 71.8 Å². The Balaban J connectivity index is 1.74. The van der Waals surface area contributed by atoms with E-state index < -0.39 is 0 Å². The lowest BCUT2D eigenvalue weighted by atomic mass is 9.89. The van der Waals surface area contributed by atoms with Crippen molar-refractivity contribution in [3.63, 3.8) is 0 Å². The number of methoxy groups -OCH3 is 1. The molecule has 1 atom stereocenters. The molecule has 2 N–H and O–H groups in total. The maximum absolute atomic E-state index is 13.3. The summed E-state index contributed by atoms with van der Waals surface area (Å²) in [5.74, 6) is 1.27. The summed E-state index contributed by atoms with van der Waals surface area (Å²) in [5, 5.41) is 18.4. The van der Waals surface area contributed by atoms with Gasteiger partial charge in [-0.15, -0.1) is 0 Å². The van der Waals surface area contributed by atoms with Gasteiger partial charge in [-0.1, -0.05) is 69.2 Å². The molecule has 0 aromatic heterocycles. The largest absolute Gasteiger partial charge is 0.496 e. The fourth-order valence-corrected chi connectivity index (χ4v) is 4.96. The molecule has 3 aromatic carbocycles. The summed E-state index contributed by atoms with van der Waals surface area (Å²) in [6.45, 7) is 8.51. The number of nitrogens with one attached hydrogen (secondary N) is 2. The Morgan fingerprint density at radius 3 is 2.33 bits per heavy atom. The van der Waals surface area contributed by atoms with Gasteiger partial charge >= 0.3 is 0 Å². The fraction of sp³-hybridized carbons (Fsp3) is 0.419. The lowest BCUT2D eigenvalue weighted by Gasteiger charge is -2.31. The summed E-state index contributed by atoms with van der Waals surface area (Å²) in [6.07, 6.45) is 3.98. The number of benzene rings is 3. The number of nitrogens with zero attached hydrogens (tertiary/aromatic N) is 1. The van der Waals surface area contributed by atoms with Crippen molar-refractivity contribution in [1.82, 2.24) is 5.32 Å². The topological polar surface area (TPSA) is 74.2 Å². The molecule has 0 heterocycles. The van der Waals surface area contributed by atoms with Crippen LogP contribution >= 0.6 is 0 Å². The first-order valence-electron chi connectivity index (χ1n) is 12.9. The van der Waals surface area contributed by atoms with E-state index in [1.54, 1.807) is 7.11 Å². The van der Waals surface area contributed by atoms with Crippen LogP contribution in [0.15, 0.2) is 60.7 Å². The van der Waals surface area contributed by atoms with Crippen molar-refractivity contribution >= 4 is 22.4 Å². The smallest absolute Gasteiger partial charge is 0.222 e. The highest BCUT2D eigenvalue weighted by Gasteiger charge is 2.26. The predicted molar refractivity (Wildman–Crippen MR) is 148 cm³/mol. The number of amides is 1. The van der Waals surface area contributed by atoms with E-state index in [1.807, 2.05) is 54.6 Å². The van der Waals surface area contributed by atoms with Gasteiger partial charge in [0.25, 0.3) is 0 Å². The summed E-state index contributed by atoms with van der Waals surface area (Å²) < 4.78 is 5.48. The Morgan fingerprint density at radius 2 is 1.67 bits per heavy atom. The summed E-state index contributed by atoms with van der Waals surface area (Å²) >= 11 is 0. The Bertz CT molecular complexity index is 1210. The van der Waals surface area contributed by atoms with E-state index in [0.717, 1.165) is 53.5 Å². The number of anilines is 1. The molecule has 3 rings (SSSR count). The number of carbonyl (C=O) groups is 1. The monoisotopic (exact) mass is 485 g/mol. The predicted octanol–water partition coefficient (Wildman–Crippen LogP) is 6.85. The first kappa shape index (κ1) is 27.1. The van der Waals surface area contributed by atoms with Crippen molar-refractivity contribution in [1.29, 1.82) is 5.26 Å². The molecule has 0 fully saturated rings. The normalized spacial score (nSPS) is 12.2. The summed E-state index contributed by atoms with van der Waals surface area (Å²) in [6, 6.07) is 22.1. The van der Waals surface area contributed by atoms with Crippen molar-refractivity contribution in [3.8, 4) is 11.8 Å². The number of hydrogen-bond acceptors (Lipinski definition) is 4. The highest BCUT2D eigenvalue weighted by Crippen LogP contribution is 2.30. The number of ether oxygens (including phenoxy) is 1. The molecule has 0 saturated heterocycles. The minimum absolute atomic E-state index is 0.0126. The Morgan fingerprint density at radius 1 is 1.00 bits per heavy atom. The van der Waals surface area contributed by atoms with E-state index in [-0.39, 0.29) is 17.5 Å². The lowest BCUT2D eigenvalue weighted by molar-refractivity contribution is -0.123. The quantitative estimate of drug-likeness (QED) is 0.294. The average molecular weight is 486 g/mol.